The molecule has 0 atom stereocenters. The Morgan fingerprint density at radius 2 is 1.59 bits per heavy atom. The third-order valence-corrected chi connectivity index (χ3v) is 5.52. The maximum Gasteiger partial charge on any atom is 0.433 e. The van der Waals surface area contributed by atoms with Gasteiger partial charge in [0.15, 0.2) is 6.61 Å². The molecule has 0 unspecified atom stereocenters. The van der Waals surface area contributed by atoms with Crippen LogP contribution in [0.2, 0.25) is 0 Å². The van der Waals surface area contributed by atoms with Gasteiger partial charge in [-0.05, 0) is 31.7 Å². The van der Waals surface area contributed by atoms with Crippen LogP contribution in [0.4, 0.5) is 5.88 Å². The van der Waals surface area contributed by atoms with Crippen LogP contribution in [0.1, 0.15) is 74.8 Å². The molecule has 0 N–H and O–H groups in total. The first-order valence-electron chi connectivity index (χ1n) is 9.79. The number of hydrogen-bond donors (Lipinski definition) is 0. The monoisotopic (exact) mass is 378 g/mol. The quantitative estimate of drug-likeness (QED) is 0.423. The van der Waals surface area contributed by atoms with Gasteiger partial charge in [0.05, 0.1) is 6.07 Å². The highest BCUT2D eigenvalue weighted by molar-refractivity contribution is 5.89. The Bertz CT molecular complexity index is 655. The lowest BCUT2D eigenvalue weighted by Gasteiger charge is -2.41. The standard InChI is InChI=1S/C19H26N2O6/c22-17(13-26-19(23)16-11-12-18(27-16)21(24)25)20(14-7-3-1-4-8-14)15-9-5-2-6-10-15/h11-12,14-15H,1-10,13H2. The summed E-state index contributed by atoms with van der Waals surface area (Å²) in [6, 6.07) is 2.72. The molecule has 1 heterocycles. The first kappa shape index (κ1) is 19.4. The van der Waals surface area contributed by atoms with Gasteiger partial charge in [0.2, 0.25) is 5.76 Å². The molecule has 2 aliphatic carbocycles. The number of nitrogens with zero attached hydrogens (tertiary/aromatic N) is 2. The van der Waals surface area contributed by atoms with Gasteiger partial charge >= 0.3 is 11.9 Å². The van der Waals surface area contributed by atoms with Gasteiger partial charge in [0.1, 0.15) is 4.92 Å². The van der Waals surface area contributed by atoms with Crippen molar-refractivity contribution in [2.75, 3.05) is 6.61 Å². The minimum Gasteiger partial charge on any atom is -0.450 e. The van der Waals surface area contributed by atoms with Gasteiger partial charge in [0, 0.05) is 12.1 Å². The molecule has 27 heavy (non-hydrogen) atoms. The van der Waals surface area contributed by atoms with Gasteiger partial charge in [0.25, 0.3) is 5.91 Å². The zero-order chi connectivity index (χ0) is 19.2. The summed E-state index contributed by atoms with van der Waals surface area (Å²) >= 11 is 0. The van der Waals surface area contributed by atoms with Crippen LogP contribution < -0.4 is 0 Å². The van der Waals surface area contributed by atoms with E-state index in [2.05, 4.69) is 0 Å². The molecular formula is C19H26N2O6. The smallest absolute Gasteiger partial charge is 0.433 e. The molecule has 8 nitrogen and oxygen atoms in total. The van der Waals surface area contributed by atoms with Crippen molar-refractivity contribution in [3.63, 3.8) is 0 Å². The van der Waals surface area contributed by atoms with Crippen LogP contribution in [0, 0.1) is 10.1 Å². The summed E-state index contributed by atoms with van der Waals surface area (Å²) in [5, 5.41) is 10.6. The number of furan rings is 1. The number of ether oxygens (including phenoxy) is 1. The summed E-state index contributed by atoms with van der Waals surface area (Å²) in [4.78, 5) is 36.8. The molecule has 2 saturated carbocycles. The average molecular weight is 378 g/mol. The van der Waals surface area contributed by atoms with E-state index < -0.39 is 16.8 Å². The molecule has 1 aromatic heterocycles. The number of hydrogen-bond acceptors (Lipinski definition) is 6. The summed E-state index contributed by atoms with van der Waals surface area (Å²) in [5.74, 6) is -1.83. The molecule has 0 aliphatic heterocycles. The molecule has 1 amide bonds. The third-order valence-electron chi connectivity index (χ3n) is 5.52. The number of amides is 1. The van der Waals surface area contributed by atoms with E-state index in [0.29, 0.717) is 0 Å². The second-order valence-electron chi connectivity index (χ2n) is 7.36. The predicted molar refractivity (Wildman–Crippen MR) is 96.2 cm³/mol. The van der Waals surface area contributed by atoms with Crippen LogP contribution >= 0.6 is 0 Å². The fourth-order valence-corrected chi connectivity index (χ4v) is 4.23. The van der Waals surface area contributed by atoms with E-state index in [1.807, 2.05) is 4.90 Å². The maximum atomic E-state index is 12.9. The Morgan fingerprint density at radius 1 is 1.04 bits per heavy atom. The van der Waals surface area contributed by atoms with E-state index in [1.165, 1.54) is 18.9 Å². The lowest BCUT2D eigenvalue weighted by atomic mass is 9.88. The highest BCUT2D eigenvalue weighted by Crippen LogP contribution is 2.30. The van der Waals surface area contributed by atoms with Crippen molar-refractivity contribution in [2.45, 2.75) is 76.3 Å². The highest BCUT2D eigenvalue weighted by atomic mass is 16.7. The summed E-state index contributed by atoms with van der Waals surface area (Å²) in [6.45, 7) is -0.361. The number of nitro groups is 1. The highest BCUT2D eigenvalue weighted by Gasteiger charge is 2.33. The van der Waals surface area contributed by atoms with Crippen molar-refractivity contribution < 1.29 is 23.7 Å². The normalized spacial score (nSPS) is 18.8. The molecular weight excluding hydrogens is 352 g/mol. The Morgan fingerprint density at radius 3 is 2.07 bits per heavy atom. The van der Waals surface area contributed by atoms with Crippen LogP contribution in [-0.2, 0) is 9.53 Å². The van der Waals surface area contributed by atoms with E-state index in [-0.39, 0.29) is 30.4 Å². The average Bonchev–Trinajstić information content (AvgIpc) is 3.19. The molecule has 0 radical (unpaired) electrons. The largest absolute Gasteiger partial charge is 0.450 e. The Balaban J connectivity index is 1.62. The topological polar surface area (TPSA) is 103 Å². The molecule has 148 valence electrons. The van der Waals surface area contributed by atoms with E-state index in [4.69, 9.17) is 9.15 Å². The Hall–Kier alpha value is -2.38. The molecule has 3 rings (SSSR count). The summed E-state index contributed by atoms with van der Waals surface area (Å²) < 4.78 is 9.93. The molecule has 0 saturated heterocycles. The fraction of sp³-hybridized carbons (Fsp3) is 0.684. The van der Waals surface area contributed by atoms with Gasteiger partial charge in [-0.3, -0.25) is 14.9 Å². The number of rotatable bonds is 6. The predicted octanol–water partition coefficient (Wildman–Crippen LogP) is 3.84. The van der Waals surface area contributed by atoms with Crippen LogP contribution in [0.5, 0.6) is 0 Å². The minimum atomic E-state index is -0.858. The lowest BCUT2D eigenvalue weighted by Crippen LogP contribution is -2.50. The van der Waals surface area contributed by atoms with Crippen molar-refractivity contribution in [3.05, 3.63) is 28.0 Å². The van der Waals surface area contributed by atoms with Gasteiger partial charge in [-0.25, -0.2) is 4.79 Å². The van der Waals surface area contributed by atoms with E-state index in [9.17, 15) is 19.7 Å². The first-order valence-corrected chi connectivity index (χ1v) is 9.79. The van der Waals surface area contributed by atoms with E-state index in [1.54, 1.807) is 0 Å². The number of esters is 1. The van der Waals surface area contributed by atoms with Gasteiger partial charge in [-0.1, -0.05) is 38.5 Å². The second-order valence-corrected chi connectivity index (χ2v) is 7.36. The maximum absolute atomic E-state index is 12.9. The molecule has 2 aliphatic rings. The molecule has 0 bridgehead atoms. The Kier molecular flexibility index (Phi) is 6.47. The summed E-state index contributed by atoms with van der Waals surface area (Å²) in [6.07, 6.45) is 10.9. The van der Waals surface area contributed by atoms with Crippen molar-refractivity contribution in [2.24, 2.45) is 0 Å². The van der Waals surface area contributed by atoms with E-state index in [0.717, 1.165) is 57.4 Å². The summed E-state index contributed by atoms with van der Waals surface area (Å²) in [7, 11) is 0. The molecule has 0 spiro atoms. The molecule has 8 heteroatoms. The van der Waals surface area contributed by atoms with Crippen LogP contribution in [0.3, 0.4) is 0 Å². The van der Waals surface area contributed by atoms with Gasteiger partial charge in [-0.15, -0.1) is 0 Å². The molecule has 2 fully saturated rings. The third kappa shape index (κ3) is 4.87. The van der Waals surface area contributed by atoms with Crippen LogP contribution in [0.25, 0.3) is 0 Å². The number of carbonyl (C=O) groups is 2. The molecule has 1 aromatic rings. The van der Waals surface area contributed by atoms with Crippen LogP contribution in [0.15, 0.2) is 16.5 Å². The SMILES string of the molecule is O=C(OCC(=O)N(C1CCCCC1)C1CCCCC1)c1ccc([N+](=O)[O-])o1. The first-order chi connectivity index (χ1) is 13.1. The zero-order valence-electron chi connectivity index (χ0n) is 15.4. The second kappa shape index (κ2) is 9.01. The molecule has 0 aromatic carbocycles. The van der Waals surface area contributed by atoms with Gasteiger partial charge < -0.3 is 14.1 Å². The minimum absolute atomic E-state index is 0.178. The summed E-state index contributed by atoms with van der Waals surface area (Å²) in [5.41, 5.74) is 0. The van der Waals surface area contributed by atoms with E-state index >= 15 is 0 Å². The van der Waals surface area contributed by atoms with Crippen LogP contribution in [-0.4, -0.2) is 40.4 Å². The van der Waals surface area contributed by atoms with Gasteiger partial charge in [-0.2, -0.15) is 0 Å². The van der Waals surface area contributed by atoms with Crippen molar-refractivity contribution in [1.29, 1.82) is 0 Å². The van der Waals surface area contributed by atoms with Crippen molar-refractivity contribution >= 4 is 17.8 Å². The van der Waals surface area contributed by atoms with Crippen molar-refractivity contribution in [1.82, 2.24) is 4.90 Å². The van der Waals surface area contributed by atoms with Crippen molar-refractivity contribution in [3.8, 4) is 0 Å². The Labute approximate surface area is 158 Å². The fourth-order valence-electron chi connectivity index (χ4n) is 4.23. The zero-order valence-corrected chi connectivity index (χ0v) is 15.4. The lowest BCUT2D eigenvalue weighted by molar-refractivity contribution is -0.402. The number of carbonyl (C=O) groups excluding carboxylic acids is 2.